The SMILES string of the molecule is CC1(C(=O)Nc2ccc(Br)cc2C(=O)O)CCCCC1. The molecule has 4 nitrogen and oxygen atoms in total. The number of carboxylic acid groups (broad SMARTS) is 1. The molecule has 1 aliphatic carbocycles. The summed E-state index contributed by atoms with van der Waals surface area (Å²) in [6.07, 6.45) is 4.99. The first-order valence-electron chi connectivity index (χ1n) is 6.77. The molecule has 108 valence electrons. The van der Waals surface area contributed by atoms with Crippen LogP contribution in [0.2, 0.25) is 0 Å². The molecule has 20 heavy (non-hydrogen) atoms. The molecule has 1 amide bonds. The van der Waals surface area contributed by atoms with Crippen LogP contribution >= 0.6 is 15.9 Å². The van der Waals surface area contributed by atoms with E-state index in [-0.39, 0.29) is 16.9 Å². The van der Waals surface area contributed by atoms with Gasteiger partial charge in [-0.1, -0.05) is 42.1 Å². The maximum absolute atomic E-state index is 12.4. The number of rotatable bonds is 3. The Kier molecular flexibility index (Phi) is 4.48. The maximum atomic E-state index is 12.4. The van der Waals surface area contributed by atoms with Crippen molar-refractivity contribution >= 4 is 33.5 Å². The summed E-state index contributed by atoms with van der Waals surface area (Å²) in [5, 5.41) is 12.0. The highest BCUT2D eigenvalue weighted by Crippen LogP contribution is 2.37. The number of aromatic carboxylic acids is 1. The molecule has 0 unspecified atom stereocenters. The van der Waals surface area contributed by atoms with Crippen LogP contribution in [0.15, 0.2) is 22.7 Å². The number of carbonyl (C=O) groups excluding carboxylic acids is 1. The lowest BCUT2D eigenvalue weighted by Gasteiger charge is -2.32. The molecular formula is C15H18BrNO3. The summed E-state index contributed by atoms with van der Waals surface area (Å²) in [6, 6.07) is 4.85. The van der Waals surface area contributed by atoms with Crippen molar-refractivity contribution in [2.45, 2.75) is 39.0 Å². The van der Waals surface area contributed by atoms with Crippen LogP contribution in [-0.4, -0.2) is 17.0 Å². The van der Waals surface area contributed by atoms with Gasteiger partial charge in [0.05, 0.1) is 11.3 Å². The highest BCUT2D eigenvalue weighted by Gasteiger charge is 2.34. The van der Waals surface area contributed by atoms with E-state index in [4.69, 9.17) is 0 Å². The standard InChI is InChI=1S/C15H18BrNO3/c1-15(7-3-2-4-8-15)14(20)17-12-6-5-10(16)9-11(12)13(18)19/h5-6,9H,2-4,7-8H2,1H3,(H,17,20)(H,18,19). The smallest absolute Gasteiger partial charge is 0.337 e. The molecule has 0 aromatic heterocycles. The molecule has 0 aliphatic heterocycles. The van der Waals surface area contributed by atoms with Gasteiger partial charge in [-0.25, -0.2) is 4.79 Å². The van der Waals surface area contributed by atoms with E-state index >= 15 is 0 Å². The number of halogens is 1. The molecule has 0 radical (unpaired) electrons. The average Bonchev–Trinajstić information content (AvgIpc) is 2.41. The van der Waals surface area contributed by atoms with Crippen LogP contribution < -0.4 is 5.32 Å². The van der Waals surface area contributed by atoms with Crippen molar-refractivity contribution in [3.05, 3.63) is 28.2 Å². The number of anilines is 1. The van der Waals surface area contributed by atoms with Crippen molar-refractivity contribution in [3.8, 4) is 0 Å². The molecule has 0 heterocycles. The normalized spacial score (nSPS) is 17.5. The molecule has 1 saturated carbocycles. The van der Waals surface area contributed by atoms with Crippen molar-refractivity contribution in [2.75, 3.05) is 5.32 Å². The Hall–Kier alpha value is -1.36. The first kappa shape index (κ1) is 15.0. The predicted octanol–water partition coefficient (Wildman–Crippen LogP) is 4.06. The van der Waals surface area contributed by atoms with Gasteiger partial charge in [-0.2, -0.15) is 0 Å². The molecule has 0 saturated heterocycles. The number of nitrogens with one attached hydrogen (secondary N) is 1. The van der Waals surface area contributed by atoms with Gasteiger partial charge >= 0.3 is 5.97 Å². The van der Waals surface area contributed by atoms with Gasteiger partial charge in [0, 0.05) is 9.89 Å². The summed E-state index contributed by atoms with van der Waals surface area (Å²) in [5.74, 6) is -1.13. The lowest BCUT2D eigenvalue weighted by atomic mass is 9.75. The molecule has 1 aliphatic rings. The number of benzene rings is 1. The molecule has 1 aromatic rings. The number of amides is 1. The lowest BCUT2D eigenvalue weighted by Crippen LogP contribution is -2.35. The zero-order valence-corrected chi connectivity index (χ0v) is 13.0. The Morgan fingerprint density at radius 2 is 1.90 bits per heavy atom. The lowest BCUT2D eigenvalue weighted by molar-refractivity contribution is -0.126. The fourth-order valence-electron chi connectivity index (χ4n) is 2.63. The van der Waals surface area contributed by atoms with Crippen molar-refractivity contribution in [2.24, 2.45) is 5.41 Å². The van der Waals surface area contributed by atoms with Gasteiger partial charge in [0.2, 0.25) is 5.91 Å². The van der Waals surface area contributed by atoms with E-state index in [0.717, 1.165) is 25.7 Å². The van der Waals surface area contributed by atoms with Crippen LogP contribution in [0.4, 0.5) is 5.69 Å². The first-order valence-corrected chi connectivity index (χ1v) is 7.56. The zero-order chi connectivity index (χ0) is 14.8. The first-order chi connectivity index (χ1) is 9.42. The maximum Gasteiger partial charge on any atom is 0.337 e. The molecule has 1 aromatic carbocycles. The van der Waals surface area contributed by atoms with Crippen LogP contribution in [0.3, 0.4) is 0 Å². The third kappa shape index (κ3) is 3.20. The Bertz CT molecular complexity index is 536. The van der Waals surface area contributed by atoms with Crippen LogP contribution in [0, 0.1) is 5.41 Å². The van der Waals surface area contributed by atoms with E-state index in [1.165, 1.54) is 12.5 Å². The second-order valence-corrected chi connectivity index (χ2v) is 6.49. The molecule has 0 atom stereocenters. The van der Waals surface area contributed by atoms with Crippen LogP contribution in [0.1, 0.15) is 49.4 Å². The van der Waals surface area contributed by atoms with Crippen molar-refractivity contribution in [3.63, 3.8) is 0 Å². The van der Waals surface area contributed by atoms with E-state index in [1.54, 1.807) is 12.1 Å². The number of carboxylic acids is 1. The van der Waals surface area contributed by atoms with Crippen LogP contribution in [-0.2, 0) is 4.79 Å². The van der Waals surface area contributed by atoms with E-state index in [2.05, 4.69) is 21.2 Å². The fraction of sp³-hybridized carbons (Fsp3) is 0.467. The quantitative estimate of drug-likeness (QED) is 0.872. The minimum atomic E-state index is -1.05. The summed E-state index contributed by atoms with van der Waals surface area (Å²) < 4.78 is 0.678. The van der Waals surface area contributed by atoms with Gasteiger partial charge in [0.15, 0.2) is 0 Å². The van der Waals surface area contributed by atoms with Crippen molar-refractivity contribution in [1.82, 2.24) is 0 Å². The molecular weight excluding hydrogens is 322 g/mol. The highest BCUT2D eigenvalue weighted by molar-refractivity contribution is 9.10. The predicted molar refractivity (Wildman–Crippen MR) is 80.9 cm³/mol. The summed E-state index contributed by atoms with van der Waals surface area (Å²) in [6.45, 7) is 1.96. The number of hydrogen-bond donors (Lipinski definition) is 2. The second kappa shape index (κ2) is 5.95. The minimum absolute atomic E-state index is 0.0815. The third-order valence-electron chi connectivity index (χ3n) is 3.97. The van der Waals surface area contributed by atoms with E-state index in [1.807, 2.05) is 6.92 Å². The fourth-order valence-corrected chi connectivity index (χ4v) is 3.00. The summed E-state index contributed by atoms with van der Waals surface area (Å²) in [5.41, 5.74) is 0.0748. The Morgan fingerprint density at radius 1 is 1.25 bits per heavy atom. The summed E-state index contributed by atoms with van der Waals surface area (Å²) in [4.78, 5) is 23.7. The largest absolute Gasteiger partial charge is 0.478 e. The molecule has 5 heteroatoms. The summed E-state index contributed by atoms with van der Waals surface area (Å²) >= 11 is 3.24. The monoisotopic (exact) mass is 339 g/mol. The Morgan fingerprint density at radius 3 is 2.50 bits per heavy atom. The van der Waals surface area contributed by atoms with Gasteiger partial charge in [-0.3, -0.25) is 4.79 Å². The summed E-state index contributed by atoms with van der Waals surface area (Å²) in [7, 11) is 0. The molecule has 2 rings (SSSR count). The van der Waals surface area contributed by atoms with Crippen molar-refractivity contribution < 1.29 is 14.7 Å². The van der Waals surface area contributed by atoms with Crippen molar-refractivity contribution in [1.29, 1.82) is 0 Å². The third-order valence-corrected chi connectivity index (χ3v) is 4.46. The van der Waals surface area contributed by atoms with Gasteiger partial charge in [-0.15, -0.1) is 0 Å². The van der Waals surface area contributed by atoms with E-state index in [9.17, 15) is 14.7 Å². The number of carbonyl (C=O) groups is 2. The van der Waals surface area contributed by atoms with Gasteiger partial charge in [-0.05, 0) is 31.0 Å². The van der Waals surface area contributed by atoms with Gasteiger partial charge < -0.3 is 10.4 Å². The Balaban J connectivity index is 2.21. The Labute approximate surface area is 126 Å². The van der Waals surface area contributed by atoms with Crippen LogP contribution in [0.25, 0.3) is 0 Å². The highest BCUT2D eigenvalue weighted by atomic mass is 79.9. The average molecular weight is 340 g/mol. The number of hydrogen-bond acceptors (Lipinski definition) is 2. The second-order valence-electron chi connectivity index (χ2n) is 5.57. The topological polar surface area (TPSA) is 66.4 Å². The van der Waals surface area contributed by atoms with Crippen LogP contribution in [0.5, 0.6) is 0 Å². The molecule has 0 spiro atoms. The molecule has 1 fully saturated rings. The zero-order valence-electron chi connectivity index (χ0n) is 11.4. The molecule has 0 bridgehead atoms. The van der Waals surface area contributed by atoms with Gasteiger partial charge in [0.1, 0.15) is 0 Å². The molecule has 2 N–H and O–H groups in total. The minimum Gasteiger partial charge on any atom is -0.478 e. The van der Waals surface area contributed by atoms with Gasteiger partial charge in [0.25, 0.3) is 0 Å². The van der Waals surface area contributed by atoms with E-state index < -0.39 is 5.97 Å². The van der Waals surface area contributed by atoms with E-state index in [0.29, 0.717) is 10.2 Å².